The first-order valence-corrected chi connectivity index (χ1v) is 6.57. The van der Waals surface area contributed by atoms with Crippen molar-refractivity contribution in [1.82, 2.24) is 0 Å². The van der Waals surface area contributed by atoms with E-state index in [9.17, 15) is 40.6 Å². The van der Waals surface area contributed by atoms with Gasteiger partial charge < -0.3 is 14.6 Å². The van der Waals surface area contributed by atoms with Crippen LogP contribution in [0.1, 0.15) is 27.2 Å². The van der Waals surface area contributed by atoms with E-state index in [-0.39, 0.29) is 19.9 Å². The molecule has 3 atom stereocenters. The van der Waals surface area contributed by atoms with Crippen molar-refractivity contribution in [1.29, 1.82) is 0 Å². The van der Waals surface area contributed by atoms with Crippen LogP contribution in [0.4, 0.5) is 30.7 Å². The Bertz CT molecular complexity index is 543. The summed E-state index contributed by atoms with van der Waals surface area (Å²) in [6, 6.07) is 0. The molecule has 0 radical (unpaired) electrons. The smallest absolute Gasteiger partial charge is 0.423 e. The van der Waals surface area contributed by atoms with Gasteiger partial charge in [-0.3, -0.25) is 0 Å². The van der Waals surface area contributed by atoms with Gasteiger partial charge in [-0.1, -0.05) is 13.5 Å². The number of carbonyl (C=O) groups is 1. The maximum absolute atomic E-state index is 14.7. The summed E-state index contributed by atoms with van der Waals surface area (Å²) in [6.07, 6.45) is -7.09. The summed E-state index contributed by atoms with van der Waals surface area (Å²) in [5.74, 6) is -16.3. The molecule has 24 heavy (non-hydrogen) atoms. The Morgan fingerprint density at radius 1 is 1.21 bits per heavy atom. The molecule has 0 aromatic rings. The minimum atomic E-state index is -5.88. The van der Waals surface area contributed by atoms with E-state index >= 15 is 0 Å². The Morgan fingerprint density at radius 3 is 2.00 bits per heavy atom. The topological polar surface area (TPSA) is 55.8 Å². The largest absolute Gasteiger partial charge is 0.443 e. The van der Waals surface area contributed by atoms with E-state index in [0.717, 1.165) is 0 Å². The van der Waals surface area contributed by atoms with Gasteiger partial charge in [-0.2, -0.15) is 30.7 Å². The minimum Gasteiger partial charge on any atom is -0.443 e. The number of alkyl halides is 7. The van der Waals surface area contributed by atoms with E-state index in [2.05, 4.69) is 16.1 Å². The molecule has 0 bridgehead atoms. The van der Waals surface area contributed by atoms with Crippen LogP contribution in [0.15, 0.2) is 12.7 Å². The van der Waals surface area contributed by atoms with Crippen LogP contribution in [0.5, 0.6) is 0 Å². The number of aliphatic hydroxyl groups is 1. The third-order valence-corrected chi connectivity index (χ3v) is 4.08. The van der Waals surface area contributed by atoms with Crippen LogP contribution in [0.3, 0.4) is 0 Å². The fourth-order valence-electron chi connectivity index (χ4n) is 2.58. The third-order valence-electron chi connectivity index (χ3n) is 4.08. The molecule has 1 N–H and O–H groups in total. The maximum Gasteiger partial charge on any atom is 0.423 e. The minimum absolute atomic E-state index is 0.0817. The number of hydrogen-bond donors (Lipinski definition) is 1. The van der Waals surface area contributed by atoms with Crippen molar-refractivity contribution in [3.05, 3.63) is 12.7 Å². The molecule has 1 aliphatic rings. The van der Waals surface area contributed by atoms with Crippen LogP contribution >= 0.6 is 0 Å². The van der Waals surface area contributed by atoms with Crippen molar-refractivity contribution in [2.75, 3.05) is 0 Å². The van der Waals surface area contributed by atoms with E-state index < -0.39 is 47.4 Å². The van der Waals surface area contributed by atoms with Gasteiger partial charge in [-0.15, -0.1) is 0 Å². The molecule has 3 unspecified atom stereocenters. The summed E-state index contributed by atoms with van der Waals surface area (Å²) in [5, 5.41) is 9.66. The number of hydrogen-bond acceptors (Lipinski definition) is 4. The highest BCUT2D eigenvalue weighted by molar-refractivity contribution is 5.81. The normalized spacial score (nSPS) is 38.5. The summed E-state index contributed by atoms with van der Waals surface area (Å²) >= 11 is 0. The van der Waals surface area contributed by atoms with Crippen molar-refractivity contribution in [3.63, 3.8) is 0 Å². The molecule has 0 aliphatic carbocycles. The Hall–Kier alpha value is -1.36. The second kappa shape index (κ2) is 5.32. The standard InChI is InChI=1S/C13H15F7O4/c1-5-7(21)23-10(6-2)11(14,15)8(3,13(18,19)20)24-9(4,22)12(10,16)17/h5,22H,1,6H2,2-4H3. The predicted molar refractivity (Wildman–Crippen MR) is 65.4 cm³/mol. The molecule has 1 heterocycles. The molecular weight excluding hydrogens is 353 g/mol. The van der Waals surface area contributed by atoms with Gasteiger partial charge in [0.25, 0.3) is 0 Å². The Kier molecular flexibility index (Phi) is 4.58. The van der Waals surface area contributed by atoms with Crippen LogP contribution in [-0.4, -0.2) is 46.1 Å². The molecule has 1 rings (SSSR count). The lowest BCUT2D eigenvalue weighted by atomic mass is 9.71. The molecule has 0 amide bonds. The monoisotopic (exact) mass is 368 g/mol. The van der Waals surface area contributed by atoms with Crippen molar-refractivity contribution in [2.24, 2.45) is 0 Å². The van der Waals surface area contributed by atoms with Gasteiger partial charge in [0.05, 0.1) is 0 Å². The van der Waals surface area contributed by atoms with Crippen LogP contribution in [0.2, 0.25) is 0 Å². The molecule has 1 aliphatic heterocycles. The molecule has 0 aromatic heterocycles. The van der Waals surface area contributed by atoms with Crippen LogP contribution in [0.25, 0.3) is 0 Å². The number of rotatable bonds is 3. The van der Waals surface area contributed by atoms with Gasteiger partial charge in [-0.25, -0.2) is 4.79 Å². The predicted octanol–water partition coefficient (Wildman–Crippen LogP) is 3.19. The second-order valence-electron chi connectivity index (χ2n) is 5.57. The lowest BCUT2D eigenvalue weighted by molar-refractivity contribution is -0.512. The first-order chi connectivity index (χ1) is 10.5. The first-order valence-electron chi connectivity index (χ1n) is 6.57. The number of halogens is 7. The lowest BCUT2D eigenvalue weighted by Crippen LogP contribution is -2.84. The molecule has 11 heteroatoms. The van der Waals surface area contributed by atoms with Gasteiger partial charge in [0.2, 0.25) is 17.0 Å². The number of ether oxygens (including phenoxy) is 2. The summed E-state index contributed by atoms with van der Waals surface area (Å²) in [6.45, 7) is 3.37. The van der Waals surface area contributed by atoms with Gasteiger partial charge in [0, 0.05) is 6.08 Å². The van der Waals surface area contributed by atoms with Crippen molar-refractivity contribution < 1.29 is 50.1 Å². The molecular formula is C13H15F7O4. The fourth-order valence-corrected chi connectivity index (χ4v) is 2.58. The molecule has 1 fully saturated rings. The number of esters is 1. The van der Waals surface area contributed by atoms with E-state index in [1.54, 1.807) is 0 Å². The molecule has 4 nitrogen and oxygen atoms in total. The highest BCUT2D eigenvalue weighted by Crippen LogP contribution is 2.64. The van der Waals surface area contributed by atoms with Crippen molar-refractivity contribution >= 4 is 5.97 Å². The highest BCUT2D eigenvalue weighted by Gasteiger charge is 2.90. The summed E-state index contributed by atoms with van der Waals surface area (Å²) in [4.78, 5) is 11.3. The zero-order valence-electron chi connectivity index (χ0n) is 12.8. The van der Waals surface area contributed by atoms with Crippen molar-refractivity contribution in [3.8, 4) is 0 Å². The molecule has 0 saturated carbocycles. The van der Waals surface area contributed by atoms with Crippen LogP contribution in [0, 0.1) is 0 Å². The summed E-state index contributed by atoms with van der Waals surface area (Å²) in [7, 11) is 0. The SMILES string of the molecule is C=CC(=O)OC1(CC)C(F)(F)C(C)(O)OC(C)(C(F)(F)F)C1(F)F. The quantitative estimate of drug-likeness (QED) is 0.472. The van der Waals surface area contributed by atoms with Crippen LogP contribution < -0.4 is 0 Å². The van der Waals surface area contributed by atoms with Crippen LogP contribution in [-0.2, 0) is 14.3 Å². The molecule has 1 saturated heterocycles. The second-order valence-corrected chi connectivity index (χ2v) is 5.57. The van der Waals surface area contributed by atoms with E-state index in [1.807, 2.05) is 0 Å². The van der Waals surface area contributed by atoms with Crippen molar-refractivity contribution in [2.45, 2.75) is 62.2 Å². The maximum atomic E-state index is 14.7. The summed E-state index contributed by atoms with van der Waals surface area (Å²) in [5.41, 5.74) is -8.88. The zero-order chi connectivity index (χ0) is 19.4. The third kappa shape index (κ3) is 2.24. The molecule has 0 spiro atoms. The summed E-state index contributed by atoms with van der Waals surface area (Å²) < 4.78 is 106. The van der Waals surface area contributed by atoms with Gasteiger partial charge in [0.1, 0.15) is 0 Å². The first kappa shape index (κ1) is 20.7. The fraction of sp³-hybridized carbons (Fsp3) is 0.769. The molecule has 0 aromatic carbocycles. The number of carbonyl (C=O) groups excluding carboxylic acids is 1. The average molecular weight is 368 g/mol. The Labute approximate surface area is 132 Å². The van der Waals surface area contributed by atoms with Gasteiger partial charge in [-0.05, 0) is 20.3 Å². The highest BCUT2D eigenvalue weighted by atomic mass is 19.4. The van der Waals surface area contributed by atoms with E-state index in [4.69, 9.17) is 0 Å². The van der Waals surface area contributed by atoms with Gasteiger partial charge in [0.15, 0.2) is 0 Å². The van der Waals surface area contributed by atoms with E-state index in [1.165, 1.54) is 0 Å². The average Bonchev–Trinajstić information content (AvgIpc) is 2.40. The van der Waals surface area contributed by atoms with Gasteiger partial charge >= 0.3 is 24.0 Å². The Balaban J connectivity index is 3.83. The molecule has 140 valence electrons. The van der Waals surface area contributed by atoms with E-state index in [0.29, 0.717) is 6.92 Å². The Morgan fingerprint density at radius 2 is 1.67 bits per heavy atom. The lowest BCUT2D eigenvalue weighted by Gasteiger charge is -2.58. The zero-order valence-corrected chi connectivity index (χ0v) is 12.8.